The van der Waals surface area contributed by atoms with Gasteiger partial charge in [0.25, 0.3) is 0 Å². The Morgan fingerprint density at radius 1 is 1.50 bits per heavy atom. The van der Waals surface area contributed by atoms with Crippen molar-refractivity contribution < 1.29 is 13.7 Å². The normalized spacial score (nSPS) is 13.4. The smallest absolute Gasteiger partial charge is 0.319 e. The van der Waals surface area contributed by atoms with Crippen molar-refractivity contribution in [3.05, 3.63) is 23.2 Å². The number of nitrogens with one attached hydrogen (secondary N) is 2. The van der Waals surface area contributed by atoms with Crippen molar-refractivity contribution in [2.24, 2.45) is 0 Å². The molecule has 2 N–H and O–H groups in total. The highest BCUT2D eigenvalue weighted by molar-refractivity contribution is 7.84. The SMILES string of the molecule is CCOc1c(Cl)cccc1NC(=O)N[C@@H](C)C[S@](C)=O. The molecular weight excluding hydrogens is 300 g/mol. The summed E-state index contributed by atoms with van der Waals surface area (Å²) in [6.07, 6.45) is 1.60. The van der Waals surface area contributed by atoms with Gasteiger partial charge < -0.3 is 15.4 Å². The van der Waals surface area contributed by atoms with E-state index in [9.17, 15) is 9.00 Å². The van der Waals surface area contributed by atoms with Crippen LogP contribution in [-0.2, 0) is 10.8 Å². The van der Waals surface area contributed by atoms with Crippen LogP contribution in [0.15, 0.2) is 18.2 Å². The third kappa shape index (κ3) is 5.38. The number of ether oxygens (including phenoxy) is 1. The zero-order valence-corrected chi connectivity index (χ0v) is 13.3. The summed E-state index contributed by atoms with van der Waals surface area (Å²) in [5, 5.41) is 5.83. The fourth-order valence-electron chi connectivity index (χ4n) is 1.67. The van der Waals surface area contributed by atoms with Crippen LogP contribution in [0.2, 0.25) is 5.02 Å². The molecule has 0 saturated heterocycles. The van der Waals surface area contributed by atoms with E-state index in [-0.39, 0.29) is 12.1 Å². The highest BCUT2D eigenvalue weighted by Crippen LogP contribution is 2.32. The van der Waals surface area contributed by atoms with Gasteiger partial charge in [0.15, 0.2) is 5.75 Å². The number of rotatable bonds is 6. The monoisotopic (exact) mass is 318 g/mol. The molecule has 2 amide bonds. The van der Waals surface area contributed by atoms with Gasteiger partial charge in [0, 0.05) is 28.9 Å². The maximum atomic E-state index is 11.9. The van der Waals surface area contributed by atoms with Gasteiger partial charge in [-0.25, -0.2) is 4.79 Å². The van der Waals surface area contributed by atoms with Crippen LogP contribution in [0.25, 0.3) is 0 Å². The molecule has 0 bridgehead atoms. The summed E-state index contributed by atoms with van der Waals surface area (Å²) in [6, 6.07) is 4.56. The summed E-state index contributed by atoms with van der Waals surface area (Å²) in [4.78, 5) is 11.9. The second-order valence-corrected chi connectivity index (χ2v) is 6.18. The number of hydrogen-bond donors (Lipinski definition) is 2. The lowest BCUT2D eigenvalue weighted by Crippen LogP contribution is -2.39. The molecule has 0 radical (unpaired) electrons. The Morgan fingerprint density at radius 3 is 2.80 bits per heavy atom. The number of benzene rings is 1. The van der Waals surface area contributed by atoms with Crippen molar-refractivity contribution in [1.29, 1.82) is 0 Å². The molecule has 20 heavy (non-hydrogen) atoms. The Morgan fingerprint density at radius 2 is 2.20 bits per heavy atom. The molecule has 0 unspecified atom stereocenters. The van der Waals surface area contributed by atoms with Crippen LogP contribution in [0.4, 0.5) is 10.5 Å². The summed E-state index contributed by atoms with van der Waals surface area (Å²) in [5.41, 5.74) is 0.502. The lowest BCUT2D eigenvalue weighted by Gasteiger charge is -2.16. The highest BCUT2D eigenvalue weighted by atomic mass is 35.5. The van der Waals surface area contributed by atoms with E-state index in [1.807, 2.05) is 6.92 Å². The molecule has 0 saturated carbocycles. The van der Waals surface area contributed by atoms with Gasteiger partial charge in [-0.2, -0.15) is 0 Å². The van der Waals surface area contributed by atoms with Gasteiger partial charge in [-0.1, -0.05) is 17.7 Å². The number of para-hydroxylation sites is 1. The number of hydrogen-bond acceptors (Lipinski definition) is 3. The molecule has 5 nitrogen and oxygen atoms in total. The molecule has 0 spiro atoms. The van der Waals surface area contributed by atoms with Gasteiger partial charge in [-0.3, -0.25) is 4.21 Å². The molecule has 0 aliphatic carbocycles. The first-order chi connectivity index (χ1) is 9.43. The first-order valence-corrected chi connectivity index (χ1v) is 8.33. The van der Waals surface area contributed by atoms with Gasteiger partial charge in [-0.05, 0) is 26.0 Å². The fraction of sp³-hybridized carbons (Fsp3) is 0.462. The molecular formula is C13H19ClN2O3S. The third-order valence-corrected chi connectivity index (χ3v) is 3.63. The number of carbonyl (C=O) groups is 1. The second kappa shape index (κ2) is 8.11. The van der Waals surface area contributed by atoms with E-state index >= 15 is 0 Å². The number of amides is 2. The van der Waals surface area contributed by atoms with Crippen LogP contribution in [0, 0.1) is 0 Å². The molecule has 0 aliphatic rings. The molecule has 0 heterocycles. The molecule has 2 atom stereocenters. The molecule has 112 valence electrons. The van der Waals surface area contributed by atoms with Crippen molar-refractivity contribution in [2.75, 3.05) is 23.9 Å². The lowest BCUT2D eigenvalue weighted by atomic mass is 10.3. The van der Waals surface area contributed by atoms with Gasteiger partial charge >= 0.3 is 6.03 Å². The lowest BCUT2D eigenvalue weighted by molar-refractivity contribution is 0.250. The first-order valence-electron chi connectivity index (χ1n) is 6.22. The number of urea groups is 1. The third-order valence-electron chi connectivity index (χ3n) is 2.37. The number of anilines is 1. The summed E-state index contributed by atoms with van der Waals surface area (Å²) in [5.74, 6) is 0.847. The second-order valence-electron chi connectivity index (χ2n) is 4.29. The Labute approximate surface area is 126 Å². The molecule has 1 aromatic carbocycles. The number of halogens is 1. The summed E-state index contributed by atoms with van der Waals surface area (Å²) in [7, 11) is -0.958. The van der Waals surface area contributed by atoms with Crippen LogP contribution < -0.4 is 15.4 Å². The fourth-order valence-corrected chi connectivity index (χ4v) is 2.69. The van der Waals surface area contributed by atoms with E-state index < -0.39 is 10.8 Å². The van der Waals surface area contributed by atoms with Crippen molar-refractivity contribution >= 4 is 34.1 Å². The zero-order valence-electron chi connectivity index (χ0n) is 11.7. The van der Waals surface area contributed by atoms with Crippen molar-refractivity contribution in [3.63, 3.8) is 0 Å². The quantitative estimate of drug-likeness (QED) is 0.847. The van der Waals surface area contributed by atoms with E-state index in [4.69, 9.17) is 16.3 Å². The zero-order chi connectivity index (χ0) is 15.1. The molecule has 7 heteroatoms. The van der Waals surface area contributed by atoms with Crippen molar-refractivity contribution in [1.82, 2.24) is 5.32 Å². The van der Waals surface area contributed by atoms with E-state index in [0.29, 0.717) is 28.8 Å². The van der Waals surface area contributed by atoms with Crippen LogP contribution in [-0.4, -0.2) is 34.9 Å². The Bertz CT molecular complexity index is 497. The first kappa shape index (κ1) is 16.8. The van der Waals surface area contributed by atoms with Gasteiger partial charge in [0.1, 0.15) is 0 Å². The molecule has 1 aromatic rings. The predicted molar refractivity (Wildman–Crippen MR) is 83.2 cm³/mol. The predicted octanol–water partition coefficient (Wildman–Crippen LogP) is 2.63. The van der Waals surface area contributed by atoms with E-state index in [1.165, 1.54) is 0 Å². The van der Waals surface area contributed by atoms with E-state index in [1.54, 1.807) is 31.4 Å². The van der Waals surface area contributed by atoms with Gasteiger partial charge in [0.05, 0.1) is 17.3 Å². The minimum Gasteiger partial charge on any atom is -0.490 e. The van der Waals surface area contributed by atoms with Crippen molar-refractivity contribution in [3.8, 4) is 5.75 Å². The summed E-state index contributed by atoms with van der Waals surface area (Å²) < 4.78 is 16.5. The molecule has 1 rings (SSSR count). The Balaban J connectivity index is 2.70. The van der Waals surface area contributed by atoms with E-state index in [0.717, 1.165) is 0 Å². The molecule has 0 aromatic heterocycles. The van der Waals surface area contributed by atoms with Crippen LogP contribution >= 0.6 is 11.6 Å². The van der Waals surface area contributed by atoms with Crippen LogP contribution in [0.1, 0.15) is 13.8 Å². The van der Waals surface area contributed by atoms with Crippen LogP contribution in [0.3, 0.4) is 0 Å². The maximum absolute atomic E-state index is 11.9. The number of carbonyl (C=O) groups excluding carboxylic acids is 1. The van der Waals surface area contributed by atoms with Gasteiger partial charge in [-0.15, -0.1) is 0 Å². The topological polar surface area (TPSA) is 67.4 Å². The standard InChI is InChI=1S/C13H19ClN2O3S/c1-4-19-12-10(14)6-5-7-11(12)16-13(17)15-9(2)8-20(3)18/h5-7,9H,4,8H2,1-3H3,(H2,15,16,17)/t9-,20-/m0/s1. The largest absolute Gasteiger partial charge is 0.490 e. The Hall–Kier alpha value is -1.27. The average molecular weight is 319 g/mol. The van der Waals surface area contributed by atoms with Gasteiger partial charge in [0.2, 0.25) is 0 Å². The van der Waals surface area contributed by atoms with E-state index in [2.05, 4.69) is 10.6 Å². The minimum atomic E-state index is -0.958. The highest BCUT2D eigenvalue weighted by Gasteiger charge is 2.13. The summed E-state index contributed by atoms with van der Waals surface area (Å²) in [6.45, 7) is 4.08. The molecule has 0 aliphatic heterocycles. The van der Waals surface area contributed by atoms with Crippen LogP contribution in [0.5, 0.6) is 5.75 Å². The average Bonchev–Trinajstić information content (AvgIpc) is 2.32. The Kier molecular flexibility index (Phi) is 6.81. The maximum Gasteiger partial charge on any atom is 0.319 e. The summed E-state index contributed by atoms with van der Waals surface area (Å²) >= 11 is 6.03. The van der Waals surface area contributed by atoms with Crippen molar-refractivity contribution in [2.45, 2.75) is 19.9 Å². The molecule has 0 fully saturated rings. The minimum absolute atomic E-state index is 0.185.